The zero-order valence-corrected chi connectivity index (χ0v) is 13.3. The van der Waals surface area contributed by atoms with Gasteiger partial charge in [0, 0.05) is 13.1 Å². The van der Waals surface area contributed by atoms with Gasteiger partial charge >= 0.3 is 6.09 Å². The number of benzene rings is 1. The van der Waals surface area contributed by atoms with Gasteiger partial charge < -0.3 is 9.53 Å². The lowest BCUT2D eigenvalue weighted by Gasteiger charge is -2.28. The molecule has 1 aromatic rings. The van der Waals surface area contributed by atoms with Crippen LogP contribution in [0.4, 0.5) is 10.5 Å². The van der Waals surface area contributed by atoms with Crippen molar-refractivity contribution in [1.29, 1.82) is 0 Å². The second-order valence-corrected chi connectivity index (χ2v) is 5.94. The van der Waals surface area contributed by atoms with Crippen LogP contribution in [0.5, 0.6) is 0 Å². The number of nitro benzene ring substituents is 1. The average Bonchev–Trinajstić information content (AvgIpc) is 2.38. The summed E-state index contributed by atoms with van der Waals surface area (Å²) in [6.07, 6.45) is -0.221. The Bertz CT molecular complexity index is 592. The predicted molar refractivity (Wildman–Crippen MR) is 80.6 cm³/mol. The quantitative estimate of drug-likeness (QED) is 0.484. The van der Waals surface area contributed by atoms with Gasteiger partial charge in [-0.3, -0.25) is 15.0 Å². The van der Waals surface area contributed by atoms with Gasteiger partial charge in [0.2, 0.25) is 0 Å². The van der Waals surface area contributed by atoms with Crippen molar-refractivity contribution in [3.63, 3.8) is 0 Å². The Hall–Kier alpha value is -2.44. The molecule has 22 heavy (non-hydrogen) atoms. The maximum atomic E-state index is 12.1. The average molecular weight is 308 g/mol. The Morgan fingerprint density at radius 3 is 2.45 bits per heavy atom. The largest absolute Gasteiger partial charge is 0.444 e. The fourth-order valence-electron chi connectivity index (χ4n) is 2.01. The van der Waals surface area contributed by atoms with Crippen LogP contribution in [0, 0.1) is 17.0 Å². The molecule has 0 spiro atoms. The molecule has 0 bridgehead atoms. The third kappa shape index (κ3) is 4.03. The molecule has 1 unspecified atom stereocenters. The van der Waals surface area contributed by atoms with Crippen molar-refractivity contribution >= 4 is 18.1 Å². The van der Waals surface area contributed by atoms with Crippen molar-refractivity contribution in [3.05, 3.63) is 39.4 Å². The van der Waals surface area contributed by atoms with Crippen molar-refractivity contribution in [2.24, 2.45) is 0 Å². The van der Waals surface area contributed by atoms with Gasteiger partial charge in [0.15, 0.2) is 0 Å². The maximum absolute atomic E-state index is 12.1. The fraction of sp³-hybridized carbons (Fsp3) is 0.467. The van der Waals surface area contributed by atoms with Crippen LogP contribution < -0.4 is 0 Å². The zero-order valence-electron chi connectivity index (χ0n) is 13.3. The van der Waals surface area contributed by atoms with E-state index in [0.717, 1.165) is 4.90 Å². The number of carbonyl (C=O) groups excluding carboxylic acids is 2. The van der Waals surface area contributed by atoms with E-state index in [0.29, 0.717) is 11.8 Å². The van der Waals surface area contributed by atoms with E-state index in [1.54, 1.807) is 33.8 Å². The lowest BCUT2D eigenvalue weighted by atomic mass is 9.99. The van der Waals surface area contributed by atoms with E-state index in [2.05, 4.69) is 0 Å². The molecule has 0 aliphatic heterocycles. The van der Waals surface area contributed by atoms with Gasteiger partial charge in [0.1, 0.15) is 17.9 Å². The minimum atomic E-state index is -1.09. The van der Waals surface area contributed by atoms with E-state index < -0.39 is 22.7 Å². The third-order valence-corrected chi connectivity index (χ3v) is 3.02. The number of amides is 1. The smallest absolute Gasteiger partial charge is 0.410 e. The summed E-state index contributed by atoms with van der Waals surface area (Å²) in [5.74, 6) is 0. The molecular weight excluding hydrogens is 288 g/mol. The van der Waals surface area contributed by atoms with E-state index >= 15 is 0 Å². The van der Waals surface area contributed by atoms with Crippen LogP contribution in [0.1, 0.15) is 37.9 Å². The van der Waals surface area contributed by atoms with Crippen molar-refractivity contribution in [2.45, 2.75) is 39.3 Å². The number of likely N-dealkylation sites (N-methyl/N-ethyl adjacent to an activating group) is 1. The summed E-state index contributed by atoms with van der Waals surface area (Å²) in [6, 6.07) is 3.41. The highest BCUT2D eigenvalue weighted by Gasteiger charge is 2.31. The molecule has 7 nitrogen and oxygen atoms in total. The van der Waals surface area contributed by atoms with Gasteiger partial charge in [0.25, 0.3) is 5.69 Å². The minimum Gasteiger partial charge on any atom is -0.444 e. The number of aryl methyl sites for hydroxylation is 1. The van der Waals surface area contributed by atoms with E-state index in [-0.39, 0.29) is 11.3 Å². The van der Waals surface area contributed by atoms with Gasteiger partial charge in [-0.25, -0.2) is 4.79 Å². The number of carbonyl (C=O) groups is 2. The molecule has 0 heterocycles. The van der Waals surface area contributed by atoms with Crippen molar-refractivity contribution in [1.82, 2.24) is 4.90 Å². The van der Waals surface area contributed by atoms with E-state index in [1.807, 2.05) is 0 Å². The summed E-state index contributed by atoms with van der Waals surface area (Å²) in [4.78, 5) is 35.2. The Labute approximate surface area is 129 Å². The molecule has 0 radical (unpaired) electrons. The van der Waals surface area contributed by atoms with Crippen molar-refractivity contribution in [2.75, 3.05) is 7.05 Å². The molecule has 0 aromatic heterocycles. The van der Waals surface area contributed by atoms with E-state index in [4.69, 9.17) is 4.74 Å². The molecule has 1 rings (SSSR count). The molecule has 0 aliphatic carbocycles. The van der Waals surface area contributed by atoms with Crippen LogP contribution in [0.3, 0.4) is 0 Å². The van der Waals surface area contributed by atoms with E-state index in [1.165, 1.54) is 19.2 Å². The fourth-order valence-corrected chi connectivity index (χ4v) is 2.01. The molecule has 0 N–H and O–H groups in total. The summed E-state index contributed by atoms with van der Waals surface area (Å²) in [7, 11) is 1.38. The minimum absolute atomic E-state index is 0.191. The molecule has 7 heteroatoms. The number of ether oxygens (including phenoxy) is 1. The van der Waals surface area contributed by atoms with Gasteiger partial charge in [-0.2, -0.15) is 0 Å². The number of rotatable bonds is 4. The maximum Gasteiger partial charge on any atom is 0.410 e. The SMILES string of the molecule is Cc1cccc([N+](=O)[O-])c1C(C=O)N(C)C(=O)OC(C)(C)C. The predicted octanol–water partition coefficient (Wildman–Crippen LogP) is 3.01. The van der Waals surface area contributed by atoms with Crippen molar-refractivity contribution < 1.29 is 19.2 Å². The first kappa shape index (κ1) is 17.6. The molecule has 0 saturated carbocycles. The van der Waals surface area contributed by atoms with Crippen LogP contribution in [0.25, 0.3) is 0 Å². The van der Waals surface area contributed by atoms with Crippen LogP contribution in [0.2, 0.25) is 0 Å². The summed E-state index contributed by atoms with van der Waals surface area (Å²) >= 11 is 0. The van der Waals surface area contributed by atoms with Crippen molar-refractivity contribution in [3.8, 4) is 0 Å². The van der Waals surface area contributed by atoms with Gasteiger partial charge in [-0.15, -0.1) is 0 Å². The molecule has 1 aromatic carbocycles. The van der Waals surface area contributed by atoms with Gasteiger partial charge in [-0.1, -0.05) is 12.1 Å². The highest BCUT2D eigenvalue weighted by Crippen LogP contribution is 2.31. The molecule has 0 aliphatic rings. The zero-order chi connectivity index (χ0) is 17.1. The number of nitro groups is 1. The monoisotopic (exact) mass is 308 g/mol. The first-order chi connectivity index (χ1) is 10.1. The van der Waals surface area contributed by atoms with Crippen LogP contribution in [-0.2, 0) is 9.53 Å². The topological polar surface area (TPSA) is 89.8 Å². The number of hydrogen-bond acceptors (Lipinski definition) is 5. The normalized spacial score (nSPS) is 12.4. The van der Waals surface area contributed by atoms with Crippen LogP contribution >= 0.6 is 0 Å². The number of aldehydes is 1. The molecule has 0 saturated heterocycles. The van der Waals surface area contributed by atoms with E-state index in [9.17, 15) is 19.7 Å². The molecule has 1 atom stereocenters. The Morgan fingerprint density at radius 2 is 2.00 bits per heavy atom. The summed E-state index contributed by atoms with van der Waals surface area (Å²) < 4.78 is 5.20. The standard InChI is InChI=1S/C15H20N2O5/c1-10-7-6-8-11(17(20)21)13(10)12(9-18)16(5)14(19)22-15(2,3)4/h6-9,12H,1-5H3. The molecule has 120 valence electrons. The second kappa shape index (κ2) is 6.55. The van der Waals surface area contributed by atoms with Crippen LogP contribution in [0.15, 0.2) is 18.2 Å². The Morgan fingerprint density at radius 1 is 1.41 bits per heavy atom. The second-order valence-electron chi connectivity index (χ2n) is 5.94. The molecule has 1 amide bonds. The molecule has 0 fully saturated rings. The first-order valence-corrected chi connectivity index (χ1v) is 6.73. The van der Waals surface area contributed by atoms with Gasteiger partial charge in [-0.05, 0) is 33.3 Å². The highest BCUT2D eigenvalue weighted by atomic mass is 16.6. The lowest BCUT2D eigenvalue weighted by molar-refractivity contribution is -0.385. The summed E-state index contributed by atoms with van der Waals surface area (Å²) in [5.41, 5.74) is -0.179. The van der Waals surface area contributed by atoms with Crippen LogP contribution in [-0.4, -0.2) is 34.9 Å². The summed E-state index contributed by atoms with van der Waals surface area (Å²) in [5, 5.41) is 11.2. The Kier molecular flexibility index (Phi) is 5.24. The van der Waals surface area contributed by atoms with Gasteiger partial charge in [0.05, 0.1) is 10.5 Å². The molecular formula is C15H20N2O5. The number of hydrogen-bond donors (Lipinski definition) is 0. The lowest BCUT2D eigenvalue weighted by Crippen LogP contribution is -2.37. The first-order valence-electron chi connectivity index (χ1n) is 6.73. The highest BCUT2D eigenvalue weighted by molar-refractivity contribution is 5.76. The third-order valence-electron chi connectivity index (χ3n) is 3.02. The number of nitrogens with zero attached hydrogens (tertiary/aromatic N) is 2. The Balaban J connectivity index is 3.25. The summed E-state index contributed by atoms with van der Waals surface area (Å²) in [6.45, 7) is 6.75.